The third-order valence-corrected chi connectivity index (χ3v) is 2.25. The predicted molar refractivity (Wildman–Crippen MR) is 58.2 cm³/mol. The summed E-state index contributed by atoms with van der Waals surface area (Å²) in [5.74, 6) is 0. The average molecular weight is 195 g/mol. The van der Waals surface area contributed by atoms with E-state index in [1.807, 2.05) is 18.2 Å². The minimum atomic E-state index is -0.705. The van der Waals surface area contributed by atoms with Gasteiger partial charge in [0.2, 0.25) is 0 Å². The number of hydrogen-bond donors (Lipinski definition) is 1. The molecule has 0 aromatic heterocycles. The summed E-state index contributed by atoms with van der Waals surface area (Å²) < 4.78 is 13.0. The van der Waals surface area contributed by atoms with Gasteiger partial charge in [-0.3, -0.25) is 0 Å². The molecule has 1 unspecified atom stereocenters. The number of rotatable bonds is 6. The molecule has 2 heteroatoms. The predicted octanol–water partition coefficient (Wildman–Crippen LogP) is 2.57. The van der Waals surface area contributed by atoms with E-state index in [1.165, 1.54) is 5.56 Å². The van der Waals surface area contributed by atoms with Crippen molar-refractivity contribution in [2.75, 3.05) is 13.6 Å². The van der Waals surface area contributed by atoms with Crippen LogP contribution in [0.4, 0.5) is 4.39 Å². The Balaban J connectivity index is 2.16. The monoisotopic (exact) mass is 195 g/mol. The van der Waals surface area contributed by atoms with E-state index in [9.17, 15) is 4.39 Å². The lowest BCUT2D eigenvalue weighted by Crippen LogP contribution is -2.19. The van der Waals surface area contributed by atoms with Crippen molar-refractivity contribution in [3.05, 3.63) is 35.9 Å². The van der Waals surface area contributed by atoms with Crippen molar-refractivity contribution in [2.24, 2.45) is 0 Å². The second-order valence-corrected chi connectivity index (χ2v) is 3.53. The highest BCUT2D eigenvalue weighted by Gasteiger charge is 2.03. The van der Waals surface area contributed by atoms with Gasteiger partial charge < -0.3 is 5.32 Å². The number of aryl methyl sites for hydroxylation is 1. The topological polar surface area (TPSA) is 12.0 Å². The first-order valence-corrected chi connectivity index (χ1v) is 5.15. The van der Waals surface area contributed by atoms with E-state index < -0.39 is 6.17 Å². The summed E-state index contributed by atoms with van der Waals surface area (Å²) in [5.41, 5.74) is 1.30. The summed E-state index contributed by atoms with van der Waals surface area (Å²) >= 11 is 0. The number of alkyl halides is 1. The van der Waals surface area contributed by atoms with Gasteiger partial charge in [-0.05, 0) is 31.9 Å². The zero-order chi connectivity index (χ0) is 10.2. The Bertz CT molecular complexity index is 235. The summed E-state index contributed by atoms with van der Waals surface area (Å²) in [5, 5.41) is 2.84. The molecule has 1 aromatic carbocycles. The number of halogens is 1. The van der Waals surface area contributed by atoms with Gasteiger partial charge in [0.15, 0.2) is 0 Å². The van der Waals surface area contributed by atoms with Crippen LogP contribution in [0.25, 0.3) is 0 Å². The molecule has 0 aliphatic carbocycles. The lowest BCUT2D eigenvalue weighted by atomic mass is 10.1. The number of hydrogen-bond acceptors (Lipinski definition) is 1. The van der Waals surface area contributed by atoms with E-state index in [0.29, 0.717) is 13.0 Å². The maximum atomic E-state index is 13.0. The van der Waals surface area contributed by atoms with Crippen LogP contribution < -0.4 is 5.32 Å². The van der Waals surface area contributed by atoms with Crippen molar-refractivity contribution in [2.45, 2.75) is 25.4 Å². The fourth-order valence-corrected chi connectivity index (χ4v) is 1.50. The van der Waals surface area contributed by atoms with E-state index >= 15 is 0 Å². The minimum Gasteiger partial charge on any atom is -0.317 e. The van der Waals surface area contributed by atoms with Crippen molar-refractivity contribution in [1.82, 2.24) is 5.32 Å². The highest BCUT2D eigenvalue weighted by molar-refractivity contribution is 5.14. The fraction of sp³-hybridized carbons (Fsp3) is 0.500. The van der Waals surface area contributed by atoms with Crippen LogP contribution in [0.1, 0.15) is 18.4 Å². The summed E-state index contributed by atoms with van der Waals surface area (Å²) in [6.45, 7) is 0.467. The molecule has 1 atom stereocenters. The molecular formula is C12H18FN. The summed E-state index contributed by atoms with van der Waals surface area (Å²) in [7, 11) is 1.78. The zero-order valence-electron chi connectivity index (χ0n) is 8.67. The molecule has 1 nitrogen and oxygen atoms in total. The first-order valence-electron chi connectivity index (χ1n) is 5.15. The lowest BCUT2D eigenvalue weighted by Gasteiger charge is -2.06. The first-order chi connectivity index (χ1) is 6.83. The van der Waals surface area contributed by atoms with Gasteiger partial charge in [-0.15, -0.1) is 0 Å². The third kappa shape index (κ3) is 4.38. The van der Waals surface area contributed by atoms with E-state index in [1.54, 1.807) is 7.05 Å². The number of nitrogens with one attached hydrogen (secondary N) is 1. The molecule has 1 aromatic rings. The second-order valence-electron chi connectivity index (χ2n) is 3.53. The van der Waals surface area contributed by atoms with Crippen molar-refractivity contribution >= 4 is 0 Å². The van der Waals surface area contributed by atoms with Crippen LogP contribution in [0.15, 0.2) is 30.3 Å². The van der Waals surface area contributed by atoms with Gasteiger partial charge in [0.1, 0.15) is 6.17 Å². The molecule has 0 heterocycles. The first kappa shape index (κ1) is 11.2. The molecule has 0 radical (unpaired) electrons. The fourth-order valence-electron chi connectivity index (χ4n) is 1.50. The van der Waals surface area contributed by atoms with Crippen molar-refractivity contribution in [1.29, 1.82) is 0 Å². The Morgan fingerprint density at radius 3 is 2.64 bits per heavy atom. The van der Waals surface area contributed by atoms with Crippen LogP contribution in [-0.2, 0) is 6.42 Å². The molecule has 0 saturated carbocycles. The third-order valence-electron chi connectivity index (χ3n) is 2.25. The van der Waals surface area contributed by atoms with Gasteiger partial charge in [-0.2, -0.15) is 0 Å². The normalized spacial score (nSPS) is 12.7. The maximum Gasteiger partial charge on any atom is 0.112 e. The van der Waals surface area contributed by atoms with Crippen molar-refractivity contribution in [3.63, 3.8) is 0 Å². The molecule has 0 saturated heterocycles. The second kappa shape index (κ2) is 6.55. The average Bonchev–Trinajstić information content (AvgIpc) is 2.20. The van der Waals surface area contributed by atoms with Crippen LogP contribution in [0.5, 0.6) is 0 Å². The van der Waals surface area contributed by atoms with Crippen LogP contribution in [0, 0.1) is 0 Å². The molecule has 0 aliphatic rings. The Morgan fingerprint density at radius 1 is 1.29 bits per heavy atom. The zero-order valence-corrected chi connectivity index (χ0v) is 8.67. The highest BCUT2D eigenvalue weighted by atomic mass is 19.1. The molecule has 1 rings (SSSR count). The lowest BCUT2D eigenvalue weighted by molar-refractivity contribution is 0.302. The Morgan fingerprint density at radius 2 is 2.00 bits per heavy atom. The van der Waals surface area contributed by atoms with Crippen LogP contribution >= 0.6 is 0 Å². The van der Waals surface area contributed by atoms with E-state index in [0.717, 1.165) is 12.8 Å². The highest BCUT2D eigenvalue weighted by Crippen LogP contribution is 2.07. The summed E-state index contributed by atoms with van der Waals surface area (Å²) in [4.78, 5) is 0. The molecule has 0 bridgehead atoms. The van der Waals surface area contributed by atoms with Crippen LogP contribution in [-0.4, -0.2) is 19.8 Å². The quantitative estimate of drug-likeness (QED) is 0.735. The van der Waals surface area contributed by atoms with E-state index in [4.69, 9.17) is 0 Å². The summed E-state index contributed by atoms with van der Waals surface area (Å²) in [6, 6.07) is 10.2. The summed E-state index contributed by atoms with van der Waals surface area (Å²) in [6.07, 6.45) is 1.84. The minimum absolute atomic E-state index is 0.467. The standard InChI is InChI=1S/C12H18FN/c1-14-10-12(13)9-5-8-11-6-3-2-4-7-11/h2-4,6-7,12,14H,5,8-10H2,1H3. The molecule has 0 amide bonds. The van der Waals surface area contributed by atoms with E-state index in [2.05, 4.69) is 17.4 Å². The number of benzene rings is 1. The Kier molecular flexibility index (Phi) is 5.23. The maximum absolute atomic E-state index is 13.0. The van der Waals surface area contributed by atoms with Crippen LogP contribution in [0.3, 0.4) is 0 Å². The molecule has 14 heavy (non-hydrogen) atoms. The smallest absolute Gasteiger partial charge is 0.112 e. The van der Waals surface area contributed by atoms with Gasteiger partial charge >= 0.3 is 0 Å². The van der Waals surface area contributed by atoms with E-state index in [-0.39, 0.29) is 0 Å². The van der Waals surface area contributed by atoms with Gasteiger partial charge in [0.25, 0.3) is 0 Å². The van der Waals surface area contributed by atoms with Gasteiger partial charge in [0, 0.05) is 6.54 Å². The largest absolute Gasteiger partial charge is 0.317 e. The van der Waals surface area contributed by atoms with Gasteiger partial charge in [0.05, 0.1) is 0 Å². The molecule has 78 valence electrons. The molecule has 1 N–H and O–H groups in total. The molecule has 0 spiro atoms. The molecule has 0 fully saturated rings. The van der Waals surface area contributed by atoms with Gasteiger partial charge in [-0.1, -0.05) is 30.3 Å². The van der Waals surface area contributed by atoms with Crippen molar-refractivity contribution in [3.8, 4) is 0 Å². The Labute approximate surface area is 85.3 Å². The molecular weight excluding hydrogens is 177 g/mol. The van der Waals surface area contributed by atoms with Crippen molar-refractivity contribution < 1.29 is 4.39 Å². The van der Waals surface area contributed by atoms with Crippen LogP contribution in [0.2, 0.25) is 0 Å². The molecule has 0 aliphatic heterocycles. The van der Waals surface area contributed by atoms with Gasteiger partial charge in [-0.25, -0.2) is 4.39 Å². The Hall–Kier alpha value is -0.890. The SMILES string of the molecule is CNCC(F)CCCc1ccccc1.